The van der Waals surface area contributed by atoms with Crippen LogP contribution in [-0.2, 0) is 0 Å². The van der Waals surface area contributed by atoms with Gasteiger partial charge in [-0.25, -0.2) is 0 Å². The molecule has 0 radical (unpaired) electrons. The highest BCUT2D eigenvalue weighted by Crippen LogP contribution is 2.37. The van der Waals surface area contributed by atoms with Crippen molar-refractivity contribution in [2.45, 2.75) is 62.7 Å². The maximum absolute atomic E-state index is 12.5. The second-order valence-electron chi connectivity index (χ2n) is 6.46. The number of aromatic nitrogens is 1. The number of carbonyl (C=O) groups is 1. The molecule has 2 unspecified atom stereocenters. The first-order valence-corrected chi connectivity index (χ1v) is 8.42. The summed E-state index contributed by atoms with van der Waals surface area (Å²) in [4.78, 5) is 12.5. The van der Waals surface area contributed by atoms with Crippen LogP contribution in [0.1, 0.15) is 55.1 Å². The topological polar surface area (TPSA) is 46.1 Å². The Morgan fingerprint density at radius 3 is 2.60 bits per heavy atom. The summed E-state index contributed by atoms with van der Waals surface area (Å²) in [6.07, 6.45) is 9.11. The molecule has 1 aromatic rings. The molecule has 1 saturated carbocycles. The van der Waals surface area contributed by atoms with E-state index in [1.807, 2.05) is 12.3 Å². The molecule has 0 spiro atoms. The van der Waals surface area contributed by atoms with Gasteiger partial charge in [-0.05, 0) is 60.5 Å². The van der Waals surface area contributed by atoms with E-state index in [1.165, 1.54) is 25.7 Å². The quantitative estimate of drug-likeness (QED) is 0.890. The molecular formula is C15H20BrN3O. The Kier molecular flexibility index (Phi) is 3.15. The Morgan fingerprint density at radius 2 is 1.95 bits per heavy atom. The van der Waals surface area contributed by atoms with Crippen LogP contribution in [0, 0.1) is 0 Å². The summed E-state index contributed by atoms with van der Waals surface area (Å²) in [7, 11) is 0. The molecule has 3 aliphatic rings. The number of carbonyl (C=O) groups excluding carboxylic acids is 1. The van der Waals surface area contributed by atoms with E-state index in [0.717, 1.165) is 23.0 Å². The van der Waals surface area contributed by atoms with Gasteiger partial charge in [0.1, 0.15) is 5.69 Å². The molecule has 5 heteroatoms. The Bertz CT molecular complexity index is 525. The molecule has 1 aromatic heterocycles. The lowest BCUT2D eigenvalue weighted by Gasteiger charge is -2.29. The van der Waals surface area contributed by atoms with Crippen LogP contribution in [0.5, 0.6) is 0 Å². The molecule has 1 aliphatic carbocycles. The standard InChI is InChI=1S/C15H20BrN3O/c16-9-5-14(19(8-9)13-3-4-13)15(20)18-12-6-10-1-2-11(7-12)17-10/h5,8,10-13,17H,1-4,6-7H2,(H,18,20). The minimum atomic E-state index is 0.0916. The molecule has 2 aliphatic heterocycles. The molecule has 20 heavy (non-hydrogen) atoms. The van der Waals surface area contributed by atoms with E-state index in [4.69, 9.17) is 0 Å². The third-order valence-corrected chi connectivity index (χ3v) is 5.23. The predicted molar refractivity (Wildman–Crippen MR) is 80.8 cm³/mol. The molecule has 2 saturated heterocycles. The lowest BCUT2D eigenvalue weighted by Crippen LogP contribution is -2.48. The Labute approximate surface area is 127 Å². The number of hydrogen-bond donors (Lipinski definition) is 2. The molecule has 0 aromatic carbocycles. The molecule has 3 heterocycles. The average molecular weight is 338 g/mol. The number of halogens is 1. The van der Waals surface area contributed by atoms with E-state index in [2.05, 4.69) is 31.1 Å². The van der Waals surface area contributed by atoms with Crippen LogP contribution in [0.15, 0.2) is 16.7 Å². The first kappa shape index (κ1) is 12.9. The monoisotopic (exact) mass is 337 g/mol. The maximum Gasteiger partial charge on any atom is 0.268 e. The third-order valence-electron chi connectivity index (χ3n) is 4.80. The first-order chi connectivity index (χ1) is 9.69. The molecule has 3 fully saturated rings. The molecule has 108 valence electrons. The van der Waals surface area contributed by atoms with Gasteiger partial charge in [0.05, 0.1) is 0 Å². The first-order valence-electron chi connectivity index (χ1n) is 7.63. The SMILES string of the molecule is O=C(NC1CC2CCC(C1)N2)c1cc(Br)cn1C1CC1. The second-order valence-corrected chi connectivity index (χ2v) is 7.38. The Balaban J connectivity index is 1.47. The van der Waals surface area contributed by atoms with Gasteiger partial charge in [0.15, 0.2) is 0 Å². The van der Waals surface area contributed by atoms with E-state index in [-0.39, 0.29) is 5.91 Å². The van der Waals surface area contributed by atoms with Crippen molar-refractivity contribution in [3.63, 3.8) is 0 Å². The number of fused-ring (bicyclic) bond motifs is 2. The Morgan fingerprint density at radius 1 is 1.25 bits per heavy atom. The number of nitrogens with one attached hydrogen (secondary N) is 2. The van der Waals surface area contributed by atoms with E-state index >= 15 is 0 Å². The zero-order chi connectivity index (χ0) is 13.7. The van der Waals surface area contributed by atoms with Crippen molar-refractivity contribution in [1.29, 1.82) is 0 Å². The molecule has 4 nitrogen and oxygen atoms in total. The highest BCUT2D eigenvalue weighted by Gasteiger charge is 2.35. The number of nitrogens with zero attached hydrogens (tertiary/aromatic N) is 1. The van der Waals surface area contributed by atoms with Gasteiger partial charge < -0.3 is 15.2 Å². The number of piperidine rings is 1. The molecule has 2 bridgehead atoms. The van der Waals surface area contributed by atoms with Crippen molar-refractivity contribution in [2.75, 3.05) is 0 Å². The summed E-state index contributed by atoms with van der Waals surface area (Å²) < 4.78 is 3.13. The lowest BCUT2D eigenvalue weighted by atomic mass is 10.00. The van der Waals surface area contributed by atoms with Crippen molar-refractivity contribution in [3.8, 4) is 0 Å². The smallest absolute Gasteiger partial charge is 0.268 e. The maximum atomic E-state index is 12.5. The molecule has 2 N–H and O–H groups in total. The fourth-order valence-corrected chi connectivity index (χ4v) is 4.15. The van der Waals surface area contributed by atoms with Crippen molar-refractivity contribution in [3.05, 3.63) is 22.4 Å². The summed E-state index contributed by atoms with van der Waals surface area (Å²) >= 11 is 3.49. The molecule has 2 atom stereocenters. The summed E-state index contributed by atoms with van der Waals surface area (Å²) in [6.45, 7) is 0. The highest BCUT2D eigenvalue weighted by molar-refractivity contribution is 9.10. The van der Waals surface area contributed by atoms with Gasteiger partial charge in [-0.1, -0.05) is 0 Å². The Hall–Kier alpha value is -0.810. The van der Waals surface area contributed by atoms with E-state index < -0.39 is 0 Å². The minimum absolute atomic E-state index is 0.0916. The zero-order valence-electron chi connectivity index (χ0n) is 11.4. The molecule has 4 rings (SSSR count). The summed E-state index contributed by atoms with van der Waals surface area (Å²) in [5.41, 5.74) is 0.810. The number of amides is 1. The van der Waals surface area contributed by atoms with Crippen molar-refractivity contribution < 1.29 is 4.79 Å². The zero-order valence-corrected chi connectivity index (χ0v) is 13.0. The van der Waals surface area contributed by atoms with Crippen LogP contribution in [-0.4, -0.2) is 28.6 Å². The van der Waals surface area contributed by atoms with Crippen molar-refractivity contribution >= 4 is 21.8 Å². The van der Waals surface area contributed by atoms with E-state index in [9.17, 15) is 4.79 Å². The number of hydrogen-bond acceptors (Lipinski definition) is 2. The largest absolute Gasteiger partial charge is 0.348 e. The van der Waals surface area contributed by atoms with Gasteiger partial charge in [0.2, 0.25) is 0 Å². The van der Waals surface area contributed by atoms with Gasteiger partial charge in [0.25, 0.3) is 5.91 Å². The fourth-order valence-electron chi connectivity index (χ4n) is 3.72. The van der Waals surface area contributed by atoms with Crippen LogP contribution in [0.25, 0.3) is 0 Å². The molecule has 1 amide bonds. The van der Waals surface area contributed by atoms with Crippen LogP contribution >= 0.6 is 15.9 Å². The number of rotatable bonds is 3. The lowest BCUT2D eigenvalue weighted by molar-refractivity contribution is 0.0914. The van der Waals surface area contributed by atoms with Crippen LogP contribution < -0.4 is 10.6 Å². The van der Waals surface area contributed by atoms with E-state index in [1.54, 1.807) is 0 Å². The fraction of sp³-hybridized carbons (Fsp3) is 0.667. The van der Waals surface area contributed by atoms with Gasteiger partial charge >= 0.3 is 0 Å². The highest BCUT2D eigenvalue weighted by atomic mass is 79.9. The second kappa shape index (κ2) is 4.88. The van der Waals surface area contributed by atoms with Crippen LogP contribution in [0.3, 0.4) is 0 Å². The van der Waals surface area contributed by atoms with E-state index in [0.29, 0.717) is 24.2 Å². The average Bonchev–Trinajstić information content (AvgIpc) is 3.11. The third kappa shape index (κ3) is 2.42. The summed E-state index contributed by atoms with van der Waals surface area (Å²) in [5, 5.41) is 6.86. The van der Waals surface area contributed by atoms with Gasteiger partial charge in [-0.2, -0.15) is 0 Å². The van der Waals surface area contributed by atoms with Gasteiger partial charge in [-0.15, -0.1) is 0 Å². The summed E-state index contributed by atoms with van der Waals surface area (Å²) in [6, 6.07) is 4.04. The van der Waals surface area contributed by atoms with Crippen molar-refractivity contribution in [2.24, 2.45) is 0 Å². The molecular weight excluding hydrogens is 318 g/mol. The predicted octanol–water partition coefficient (Wildman–Crippen LogP) is 2.60. The summed E-state index contributed by atoms with van der Waals surface area (Å²) in [5.74, 6) is 0.0916. The normalized spacial score (nSPS) is 32.4. The van der Waals surface area contributed by atoms with Crippen LogP contribution in [0.4, 0.5) is 0 Å². The van der Waals surface area contributed by atoms with Gasteiger partial charge in [-0.3, -0.25) is 4.79 Å². The van der Waals surface area contributed by atoms with Crippen molar-refractivity contribution in [1.82, 2.24) is 15.2 Å². The minimum Gasteiger partial charge on any atom is -0.348 e. The van der Waals surface area contributed by atoms with Crippen LogP contribution in [0.2, 0.25) is 0 Å². The van der Waals surface area contributed by atoms with Gasteiger partial charge in [0, 0.05) is 34.8 Å².